The third-order valence-corrected chi connectivity index (χ3v) is 6.56. The summed E-state index contributed by atoms with van der Waals surface area (Å²) in [5.74, 6) is 0.159. The summed E-state index contributed by atoms with van der Waals surface area (Å²) in [5, 5.41) is 3.71. The molecule has 1 unspecified atom stereocenters. The number of hydrogen-bond acceptors (Lipinski definition) is 6. The number of fused-ring (bicyclic) bond motifs is 2. The fourth-order valence-corrected chi connectivity index (χ4v) is 4.72. The minimum atomic E-state index is -0.693. The maximum Gasteiger partial charge on any atom is 0.255 e. The van der Waals surface area contributed by atoms with Crippen LogP contribution in [0.3, 0.4) is 0 Å². The summed E-state index contributed by atoms with van der Waals surface area (Å²) in [7, 11) is 1.53. The Hall–Kier alpha value is -3.78. The molecular weight excluding hydrogens is 470 g/mol. The van der Waals surface area contributed by atoms with E-state index in [1.165, 1.54) is 11.9 Å². The van der Waals surface area contributed by atoms with E-state index in [4.69, 9.17) is 9.47 Å². The molecule has 1 aliphatic rings. The molecular formula is C29H33N3O5. The van der Waals surface area contributed by atoms with Gasteiger partial charge in [-0.05, 0) is 56.0 Å². The van der Waals surface area contributed by atoms with Gasteiger partial charge in [0.15, 0.2) is 0 Å². The SMILES string of the molecule is CNC(=O)C(CCC=O)N1Cc2c(OCCCCOCc3cc(C)nc4ccccc34)cccc2C1=O. The van der Waals surface area contributed by atoms with E-state index in [-0.39, 0.29) is 31.2 Å². The van der Waals surface area contributed by atoms with Crippen LogP contribution < -0.4 is 10.1 Å². The molecule has 2 aromatic carbocycles. The molecule has 0 spiro atoms. The number of pyridine rings is 1. The molecule has 0 bridgehead atoms. The summed E-state index contributed by atoms with van der Waals surface area (Å²) in [6.45, 7) is 3.91. The Morgan fingerprint density at radius 2 is 1.97 bits per heavy atom. The first-order valence-corrected chi connectivity index (χ1v) is 12.7. The number of aryl methyl sites for hydroxylation is 1. The normalized spacial score (nSPS) is 13.5. The molecule has 0 aliphatic carbocycles. The molecule has 1 aromatic heterocycles. The predicted octanol–water partition coefficient (Wildman–Crippen LogP) is 3.97. The first-order valence-electron chi connectivity index (χ1n) is 12.7. The zero-order valence-corrected chi connectivity index (χ0v) is 21.4. The summed E-state index contributed by atoms with van der Waals surface area (Å²) >= 11 is 0. The van der Waals surface area contributed by atoms with Gasteiger partial charge in [0.25, 0.3) is 5.91 Å². The van der Waals surface area contributed by atoms with Crippen LogP contribution in [0.1, 0.15) is 52.9 Å². The lowest BCUT2D eigenvalue weighted by molar-refractivity contribution is -0.125. The Balaban J connectivity index is 1.27. The largest absolute Gasteiger partial charge is 0.493 e. The van der Waals surface area contributed by atoms with Gasteiger partial charge >= 0.3 is 0 Å². The van der Waals surface area contributed by atoms with Crippen molar-refractivity contribution in [1.82, 2.24) is 15.2 Å². The smallest absolute Gasteiger partial charge is 0.255 e. The van der Waals surface area contributed by atoms with Crippen molar-refractivity contribution in [2.45, 2.75) is 51.8 Å². The van der Waals surface area contributed by atoms with Gasteiger partial charge in [-0.15, -0.1) is 0 Å². The summed E-state index contributed by atoms with van der Waals surface area (Å²) in [5.41, 5.74) is 4.41. The van der Waals surface area contributed by atoms with Gasteiger partial charge in [0.1, 0.15) is 18.1 Å². The summed E-state index contributed by atoms with van der Waals surface area (Å²) < 4.78 is 12.0. The van der Waals surface area contributed by atoms with Gasteiger partial charge in [-0.3, -0.25) is 14.6 Å². The van der Waals surface area contributed by atoms with Crippen LogP contribution in [0.25, 0.3) is 10.9 Å². The molecule has 1 aliphatic heterocycles. The second-order valence-electron chi connectivity index (χ2n) is 9.14. The standard InChI is InChI=1S/C29H33N3O5/c1-20-17-21(22-9-3-4-11-25(22)31-20)19-36-15-5-6-16-37-27-13-7-10-23-24(27)18-32(29(23)35)26(12-8-14-33)28(34)30-2/h3-4,7,9-11,13-14,17,26H,5-6,8,12,15-16,18-19H2,1-2H3,(H,30,34). The molecule has 8 nitrogen and oxygen atoms in total. The van der Waals surface area contributed by atoms with E-state index in [2.05, 4.69) is 22.4 Å². The van der Waals surface area contributed by atoms with Crippen LogP contribution >= 0.6 is 0 Å². The van der Waals surface area contributed by atoms with E-state index in [0.29, 0.717) is 31.1 Å². The average Bonchev–Trinajstić information content (AvgIpc) is 3.24. The number of unbranched alkanes of at least 4 members (excludes halogenated alkanes) is 1. The Kier molecular flexibility index (Phi) is 8.85. The number of nitrogens with one attached hydrogen (secondary N) is 1. The Morgan fingerprint density at radius 1 is 1.16 bits per heavy atom. The lowest BCUT2D eigenvalue weighted by Crippen LogP contribution is -2.46. The van der Waals surface area contributed by atoms with Gasteiger partial charge in [-0.25, -0.2) is 0 Å². The maximum absolute atomic E-state index is 13.0. The molecule has 0 saturated carbocycles. The number of carbonyl (C=O) groups excluding carboxylic acids is 3. The minimum Gasteiger partial charge on any atom is -0.493 e. The van der Waals surface area contributed by atoms with Gasteiger partial charge in [0, 0.05) is 42.3 Å². The fraction of sp³-hybridized carbons (Fsp3) is 0.379. The number of para-hydroxylation sites is 1. The number of hydrogen-bond donors (Lipinski definition) is 1. The highest BCUT2D eigenvalue weighted by Crippen LogP contribution is 2.33. The third-order valence-electron chi connectivity index (χ3n) is 6.56. The quantitative estimate of drug-likeness (QED) is 0.280. The second kappa shape index (κ2) is 12.5. The van der Waals surface area contributed by atoms with E-state index in [0.717, 1.165) is 46.9 Å². The van der Waals surface area contributed by atoms with Crippen LogP contribution in [-0.2, 0) is 27.5 Å². The number of aromatic nitrogens is 1. The van der Waals surface area contributed by atoms with Crippen molar-refractivity contribution in [2.75, 3.05) is 20.3 Å². The maximum atomic E-state index is 13.0. The molecule has 0 radical (unpaired) electrons. The zero-order valence-electron chi connectivity index (χ0n) is 21.4. The number of ether oxygens (including phenoxy) is 2. The van der Waals surface area contributed by atoms with Crippen molar-refractivity contribution in [2.24, 2.45) is 0 Å². The molecule has 0 saturated heterocycles. The van der Waals surface area contributed by atoms with Gasteiger partial charge in [-0.1, -0.05) is 24.3 Å². The summed E-state index contributed by atoms with van der Waals surface area (Å²) in [4.78, 5) is 42.4. The highest BCUT2D eigenvalue weighted by atomic mass is 16.5. The van der Waals surface area contributed by atoms with Crippen molar-refractivity contribution in [3.8, 4) is 5.75 Å². The van der Waals surface area contributed by atoms with Crippen molar-refractivity contribution >= 4 is 29.0 Å². The monoisotopic (exact) mass is 503 g/mol. The van der Waals surface area contributed by atoms with Crippen LogP contribution in [-0.4, -0.2) is 54.3 Å². The van der Waals surface area contributed by atoms with Gasteiger partial charge < -0.3 is 24.5 Å². The van der Waals surface area contributed by atoms with Crippen LogP contribution in [0.15, 0.2) is 48.5 Å². The van der Waals surface area contributed by atoms with Crippen molar-refractivity contribution in [1.29, 1.82) is 0 Å². The number of amides is 2. The lowest BCUT2D eigenvalue weighted by atomic mass is 10.1. The van der Waals surface area contributed by atoms with Crippen molar-refractivity contribution < 1.29 is 23.9 Å². The number of nitrogens with zero attached hydrogens (tertiary/aromatic N) is 2. The molecule has 2 amide bonds. The molecule has 1 N–H and O–H groups in total. The van der Waals surface area contributed by atoms with E-state index >= 15 is 0 Å². The number of benzene rings is 2. The van der Waals surface area contributed by atoms with Crippen LogP contribution in [0.2, 0.25) is 0 Å². The first kappa shape index (κ1) is 26.3. The van der Waals surface area contributed by atoms with Crippen LogP contribution in [0, 0.1) is 6.92 Å². The van der Waals surface area contributed by atoms with Crippen molar-refractivity contribution in [3.05, 3.63) is 70.9 Å². The molecule has 8 heteroatoms. The van der Waals surface area contributed by atoms with E-state index in [1.807, 2.05) is 31.2 Å². The first-order chi connectivity index (χ1) is 18.0. The number of aldehydes is 1. The Morgan fingerprint density at radius 3 is 2.78 bits per heavy atom. The second-order valence-corrected chi connectivity index (χ2v) is 9.14. The molecule has 2 heterocycles. The van der Waals surface area contributed by atoms with Crippen LogP contribution in [0.5, 0.6) is 5.75 Å². The van der Waals surface area contributed by atoms with Crippen LogP contribution in [0.4, 0.5) is 0 Å². The molecule has 0 fully saturated rings. The predicted molar refractivity (Wildman–Crippen MR) is 140 cm³/mol. The molecule has 37 heavy (non-hydrogen) atoms. The molecule has 3 aromatic rings. The fourth-order valence-electron chi connectivity index (χ4n) is 4.72. The topological polar surface area (TPSA) is 97.8 Å². The summed E-state index contributed by atoms with van der Waals surface area (Å²) in [6, 6.07) is 14.9. The third kappa shape index (κ3) is 6.14. The zero-order chi connectivity index (χ0) is 26.2. The van der Waals surface area contributed by atoms with Gasteiger partial charge in [0.2, 0.25) is 5.91 Å². The molecule has 4 rings (SSSR count). The highest BCUT2D eigenvalue weighted by Gasteiger charge is 2.37. The highest BCUT2D eigenvalue weighted by molar-refractivity contribution is 6.01. The number of carbonyl (C=O) groups is 3. The van der Waals surface area contributed by atoms with Crippen molar-refractivity contribution in [3.63, 3.8) is 0 Å². The van der Waals surface area contributed by atoms with Gasteiger partial charge in [0.05, 0.1) is 25.3 Å². The summed E-state index contributed by atoms with van der Waals surface area (Å²) in [6.07, 6.45) is 2.90. The molecule has 194 valence electrons. The number of rotatable bonds is 13. The molecule has 1 atom stereocenters. The van der Waals surface area contributed by atoms with E-state index in [1.54, 1.807) is 12.1 Å². The number of likely N-dealkylation sites (N-methyl/N-ethyl adjacent to an activating group) is 1. The van der Waals surface area contributed by atoms with E-state index in [9.17, 15) is 14.4 Å². The Labute approximate surface area is 217 Å². The van der Waals surface area contributed by atoms with Gasteiger partial charge in [-0.2, -0.15) is 0 Å². The Bertz CT molecular complexity index is 1280. The van der Waals surface area contributed by atoms with E-state index < -0.39 is 6.04 Å². The lowest BCUT2D eigenvalue weighted by Gasteiger charge is -2.25. The average molecular weight is 504 g/mol. The minimum absolute atomic E-state index is 0.209.